The molecule has 7 nitrogen and oxygen atoms in total. The summed E-state index contributed by atoms with van der Waals surface area (Å²) in [6.07, 6.45) is -7.01. The van der Waals surface area contributed by atoms with Crippen LogP contribution >= 0.6 is 7.82 Å². The van der Waals surface area contributed by atoms with Gasteiger partial charge in [0.15, 0.2) is 0 Å². The van der Waals surface area contributed by atoms with Crippen LogP contribution < -0.4 is 0 Å². The Hall–Kier alpha value is -1.74. The molecule has 0 spiro atoms. The second-order valence-electron chi connectivity index (χ2n) is 4.44. The predicted molar refractivity (Wildman–Crippen MR) is 68.0 cm³/mol. The average Bonchev–Trinajstić information content (AvgIpc) is 2.84. The van der Waals surface area contributed by atoms with Crippen molar-refractivity contribution in [2.75, 3.05) is 0 Å². The van der Waals surface area contributed by atoms with Gasteiger partial charge in [-0.15, -0.1) is 5.10 Å². The Morgan fingerprint density at radius 3 is 2.36 bits per heavy atom. The van der Waals surface area contributed by atoms with Crippen molar-refractivity contribution in [2.24, 2.45) is 0 Å². The van der Waals surface area contributed by atoms with Gasteiger partial charge in [0.2, 0.25) is 6.10 Å². The number of halogens is 3. The fourth-order valence-electron chi connectivity index (χ4n) is 1.64. The van der Waals surface area contributed by atoms with E-state index in [0.29, 0.717) is 5.69 Å². The first-order valence-electron chi connectivity index (χ1n) is 5.86. The van der Waals surface area contributed by atoms with Crippen LogP contribution in [0.4, 0.5) is 13.2 Å². The van der Waals surface area contributed by atoms with Crippen LogP contribution in [-0.2, 0) is 9.09 Å². The van der Waals surface area contributed by atoms with Crippen LogP contribution in [0.3, 0.4) is 0 Å². The van der Waals surface area contributed by atoms with Crippen molar-refractivity contribution >= 4 is 7.82 Å². The first-order valence-corrected chi connectivity index (χ1v) is 7.39. The van der Waals surface area contributed by atoms with E-state index in [2.05, 4.69) is 14.8 Å². The summed E-state index contributed by atoms with van der Waals surface area (Å²) in [5.74, 6) is 0. The van der Waals surface area contributed by atoms with E-state index in [0.717, 1.165) is 16.4 Å². The molecule has 0 fully saturated rings. The Morgan fingerprint density at radius 2 is 1.86 bits per heavy atom. The molecular formula is C11H11F3N3O4P. The fourth-order valence-corrected chi connectivity index (χ4v) is 2.14. The van der Waals surface area contributed by atoms with Crippen LogP contribution in [0.2, 0.25) is 0 Å². The Morgan fingerprint density at radius 1 is 1.27 bits per heavy atom. The maximum atomic E-state index is 12.9. The van der Waals surface area contributed by atoms with Crippen LogP contribution in [0.25, 0.3) is 5.69 Å². The Kier molecular flexibility index (Phi) is 4.39. The largest absolute Gasteiger partial charge is 0.470 e. The molecule has 1 aromatic carbocycles. The highest BCUT2D eigenvalue weighted by Crippen LogP contribution is 2.47. The number of rotatable bonds is 4. The van der Waals surface area contributed by atoms with Gasteiger partial charge < -0.3 is 9.79 Å². The first kappa shape index (κ1) is 16.6. The van der Waals surface area contributed by atoms with Crippen LogP contribution in [0.15, 0.2) is 30.5 Å². The molecule has 1 heterocycles. The minimum absolute atomic E-state index is 0.446. The fraction of sp³-hybridized carbons (Fsp3) is 0.273. The van der Waals surface area contributed by atoms with Crippen molar-refractivity contribution in [1.29, 1.82) is 0 Å². The summed E-state index contributed by atoms with van der Waals surface area (Å²) >= 11 is 0. The number of alkyl halides is 3. The second-order valence-corrected chi connectivity index (χ2v) is 5.63. The summed E-state index contributed by atoms with van der Waals surface area (Å²) in [4.78, 5) is 17.2. The van der Waals surface area contributed by atoms with E-state index in [1.165, 1.54) is 0 Å². The van der Waals surface area contributed by atoms with Crippen molar-refractivity contribution in [1.82, 2.24) is 15.0 Å². The highest BCUT2D eigenvalue weighted by molar-refractivity contribution is 7.46. The molecule has 2 N–H and O–H groups in total. The van der Waals surface area contributed by atoms with Crippen LogP contribution in [0.5, 0.6) is 0 Å². The zero-order valence-corrected chi connectivity index (χ0v) is 12.0. The normalized spacial score (nSPS) is 14.1. The van der Waals surface area contributed by atoms with Gasteiger partial charge in [-0.25, -0.2) is 9.25 Å². The summed E-state index contributed by atoms with van der Waals surface area (Å²) in [7, 11) is -5.35. The average molecular weight is 337 g/mol. The number of nitrogens with zero attached hydrogens (tertiary/aromatic N) is 3. The molecule has 2 aromatic rings. The van der Waals surface area contributed by atoms with Gasteiger partial charge in [-0.3, -0.25) is 4.52 Å². The van der Waals surface area contributed by atoms with Crippen LogP contribution in [0.1, 0.15) is 17.4 Å². The lowest BCUT2D eigenvalue weighted by molar-refractivity contribution is -0.203. The monoisotopic (exact) mass is 337 g/mol. The molecule has 0 radical (unpaired) electrons. The zero-order chi connectivity index (χ0) is 16.5. The topological polar surface area (TPSA) is 97.5 Å². The van der Waals surface area contributed by atoms with E-state index in [1.807, 2.05) is 6.92 Å². The van der Waals surface area contributed by atoms with Crippen molar-refractivity contribution in [3.8, 4) is 5.69 Å². The molecule has 120 valence electrons. The number of phosphoric acid groups is 1. The molecule has 0 saturated heterocycles. The number of hydrogen-bond donors (Lipinski definition) is 2. The number of hydrogen-bond acceptors (Lipinski definition) is 4. The molecule has 11 heteroatoms. The van der Waals surface area contributed by atoms with Crippen LogP contribution in [-0.4, -0.2) is 31.0 Å². The van der Waals surface area contributed by atoms with E-state index in [-0.39, 0.29) is 0 Å². The summed E-state index contributed by atoms with van der Waals surface area (Å²) in [6, 6.07) is 6.68. The van der Waals surface area contributed by atoms with Gasteiger partial charge in [0, 0.05) is 0 Å². The van der Waals surface area contributed by atoms with Crippen molar-refractivity contribution in [2.45, 2.75) is 19.2 Å². The van der Waals surface area contributed by atoms with Gasteiger partial charge in [0.05, 0.1) is 11.9 Å². The molecule has 0 saturated carbocycles. The first-order chi connectivity index (χ1) is 10.1. The molecular weight excluding hydrogens is 326 g/mol. The standard InChI is InChI=1S/C11H11F3N3O4P/c1-7-2-4-8(5-3-7)17-6-9(15-16-17)10(11(12,13)14)21-22(18,19)20/h2-6,10H,1H3,(H2,18,19,20). The minimum atomic E-state index is -5.35. The molecule has 2 rings (SSSR count). The van der Waals surface area contributed by atoms with Gasteiger partial charge in [-0.1, -0.05) is 22.9 Å². The SMILES string of the molecule is Cc1ccc(-n2cc(C(OP(=O)(O)O)C(F)(F)F)nn2)cc1. The molecule has 22 heavy (non-hydrogen) atoms. The highest BCUT2D eigenvalue weighted by Gasteiger charge is 2.47. The maximum Gasteiger partial charge on any atom is 0.470 e. The van der Waals surface area contributed by atoms with Gasteiger partial charge in [-0.2, -0.15) is 13.2 Å². The van der Waals surface area contributed by atoms with Crippen molar-refractivity contribution in [3.05, 3.63) is 41.7 Å². The number of aryl methyl sites for hydroxylation is 1. The van der Waals surface area contributed by atoms with Gasteiger partial charge in [0.25, 0.3) is 0 Å². The molecule has 0 aliphatic rings. The van der Waals surface area contributed by atoms with E-state index in [4.69, 9.17) is 9.79 Å². The molecule has 1 unspecified atom stereocenters. The summed E-state index contributed by atoms with van der Waals surface area (Å²) in [5.41, 5.74) is 0.639. The Balaban J connectivity index is 2.34. The van der Waals surface area contributed by atoms with Gasteiger partial charge in [0.1, 0.15) is 5.69 Å². The summed E-state index contributed by atoms with van der Waals surface area (Å²) in [6.45, 7) is 1.84. The second kappa shape index (κ2) is 5.81. The molecule has 0 bridgehead atoms. The quantitative estimate of drug-likeness (QED) is 0.831. The van der Waals surface area contributed by atoms with Crippen LogP contribution in [0, 0.1) is 6.92 Å². The molecule has 0 amide bonds. The van der Waals surface area contributed by atoms with E-state index in [9.17, 15) is 17.7 Å². The lowest BCUT2D eigenvalue weighted by Crippen LogP contribution is -2.23. The molecule has 1 aromatic heterocycles. The number of phosphoric ester groups is 1. The lowest BCUT2D eigenvalue weighted by atomic mass is 10.2. The predicted octanol–water partition coefficient (Wildman–Crippen LogP) is 2.29. The number of benzene rings is 1. The summed E-state index contributed by atoms with van der Waals surface area (Å²) < 4.78 is 54.1. The Labute approximate surface area is 122 Å². The third kappa shape index (κ3) is 4.14. The van der Waals surface area contributed by atoms with Crippen molar-refractivity contribution < 1.29 is 32.0 Å². The van der Waals surface area contributed by atoms with Crippen molar-refractivity contribution in [3.63, 3.8) is 0 Å². The lowest BCUT2D eigenvalue weighted by Gasteiger charge is -2.18. The highest BCUT2D eigenvalue weighted by atomic mass is 31.2. The Bertz CT molecular complexity index is 695. The smallest absolute Gasteiger partial charge is 0.303 e. The third-order valence-corrected chi connectivity index (χ3v) is 3.10. The van der Waals surface area contributed by atoms with Gasteiger partial charge >= 0.3 is 14.0 Å². The molecule has 0 aliphatic carbocycles. The zero-order valence-electron chi connectivity index (χ0n) is 11.1. The van der Waals surface area contributed by atoms with E-state index < -0.39 is 25.8 Å². The minimum Gasteiger partial charge on any atom is -0.303 e. The van der Waals surface area contributed by atoms with Gasteiger partial charge in [-0.05, 0) is 19.1 Å². The molecule has 0 aliphatic heterocycles. The molecule has 1 atom stereocenters. The summed E-state index contributed by atoms with van der Waals surface area (Å²) in [5, 5.41) is 6.80. The third-order valence-electron chi connectivity index (χ3n) is 2.62. The number of aromatic nitrogens is 3. The maximum absolute atomic E-state index is 12.9. The van der Waals surface area contributed by atoms with E-state index in [1.54, 1.807) is 24.3 Å². The van der Waals surface area contributed by atoms with E-state index >= 15 is 0 Å².